The van der Waals surface area contributed by atoms with Gasteiger partial charge in [-0.3, -0.25) is 9.48 Å². The third kappa shape index (κ3) is 6.12. The van der Waals surface area contributed by atoms with Gasteiger partial charge in [0.05, 0.1) is 29.2 Å². The number of aryl methyl sites for hydroxylation is 1. The number of nitrogens with one attached hydrogen (secondary N) is 2. The predicted octanol–water partition coefficient (Wildman–Crippen LogP) is 8.14. The number of hydrogen-bond acceptors (Lipinski definition) is 3. The molecule has 0 saturated heterocycles. The van der Waals surface area contributed by atoms with Gasteiger partial charge in [0.15, 0.2) is 0 Å². The van der Waals surface area contributed by atoms with Crippen molar-refractivity contribution in [2.45, 2.75) is 50.7 Å². The first-order valence-corrected chi connectivity index (χ1v) is 13.8. The summed E-state index contributed by atoms with van der Waals surface area (Å²) < 4.78 is 41.4. The van der Waals surface area contributed by atoms with Gasteiger partial charge in [-0.15, -0.1) is 0 Å². The molecule has 10 heteroatoms. The molecule has 2 aliphatic rings. The smallest absolute Gasteiger partial charge is 0.322 e. The highest BCUT2D eigenvalue weighted by atomic mass is 19.4. The molecule has 2 fully saturated rings. The van der Waals surface area contributed by atoms with Crippen LogP contribution in [0.1, 0.15) is 64.7 Å². The van der Waals surface area contributed by atoms with Gasteiger partial charge in [-0.25, -0.2) is 9.98 Å². The van der Waals surface area contributed by atoms with Crippen molar-refractivity contribution in [2.24, 2.45) is 9.98 Å². The van der Waals surface area contributed by atoms with Crippen LogP contribution in [-0.2, 0) is 6.18 Å². The monoisotopic (exact) mass is 570 g/mol. The molecule has 4 aromatic rings. The number of nitrogens with zero attached hydrogens (tertiary/aromatic N) is 4. The van der Waals surface area contributed by atoms with Crippen LogP contribution in [0.15, 0.2) is 83.0 Å². The minimum atomic E-state index is -4.49. The van der Waals surface area contributed by atoms with E-state index in [1.807, 2.05) is 48.1 Å². The Balaban J connectivity index is 1.25. The summed E-state index contributed by atoms with van der Waals surface area (Å²) >= 11 is 0. The summed E-state index contributed by atoms with van der Waals surface area (Å²) in [5, 5.41) is 10.2. The fraction of sp³-hybridized carbons (Fsp3) is 0.250. The Morgan fingerprint density at radius 3 is 2.50 bits per heavy atom. The first kappa shape index (κ1) is 27.4. The second-order valence-corrected chi connectivity index (χ2v) is 10.8. The molecule has 3 aromatic carbocycles. The fourth-order valence-electron chi connectivity index (χ4n) is 4.91. The van der Waals surface area contributed by atoms with E-state index in [9.17, 15) is 18.0 Å². The van der Waals surface area contributed by atoms with Gasteiger partial charge in [0.25, 0.3) is 5.91 Å². The maximum Gasteiger partial charge on any atom is 0.416 e. The van der Waals surface area contributed by atoms with E-state index < -0.39 is 17.6 Å². The zero-order chi connectivity index (χ0) is 29.4. The number of aliphatic imine (C=N–C) groups is 2. The largest absolute Gasteiger partial charge is 0.416 e. The van der Waals surface area contributed by atoms with Gasteiger partial charge in [0, 0.05) is 17.4 Å². The number of rotatable bonds is 7. The number of guanidine groups is 1. The minimum absolute atomic E-state index is 0.0841. The van der Waals surface area contributed by atoms with E-state index in [-0.39, 0.29) is 5.69 Å². The Bertz CT molecular complexity index is 1700. The molecule has 0 unspecified atom stereocenters. The lowest BCUT2D eigenvalue weighted by Crippen LogP contribution is -2.13. The summed E-state index contributed by atoms with van der Waals surface area (Å²) in [5.74, 6) is 0.290. The van der Waals surface area contributed by atoms with Gasteiger partial charge in [-0.05, 0) is 110 Å². The summed E-state index contributed by atoms with van der Waals surface area (Å²) in [4.78, 5) is 21.8. The van der Waals surface area contributed by atoms with Crippen molar-refractivity contribution in [3.8, 4) is 11.1 Å². The first-order valence-electron chi connectivity index (χ1n) is 13.8. The van der Waals surface area contributed by atoms with Crippen LogP contribution in [0.25, 0.3) is 11.1 Å². The number of benzene rings is 3. The van der Waals surface area contributed by atoms with Crippen LogP contribution in [0.4, 0.5) is 30.2 Å². The SMILES string of the molecule is C=N/C(=N\c1ccc(-c2cc(C(=O)Nc3cccc(C(F)(F)F)c3)ccc2C2CC2)cc1C)Nc1cnn(C2CC2)c1. The Kier molecular flexibility index (Phi) is 7.14. The van der Waals surface area contributed by atoms with E-state index in [0.717, 1.165) is 71.4 Å². The average Bonchev–Trinajstić information content (AvgIpc) is 3.91. The quantitative estimate of drug-likeness (QED) is 0.174. The predicted molar refractivity (Wildman–Crippen MR) is 159 cm³/mol. The van der Waals surface area contributed by atoms with Crippen LogP contribution in [0.3, 0.4) is 0 Å². The lowest BCUT2D eigenvalue weighted by Gasteiger charge is -2.14. The topological polar surface area (TPSA) is 83.7 Å². The summed E-state index contributed by atoms with van der Waals surface area (Å²) in [5.41, 5.74) is 5.03. The van der Waals surface area contributed by atoms with Gasteiger partial charge in [0.2, 0.25) is 5.96 Å². The van der Waals surface area contributed by atoms with Gasteiger partial charge in [-0.1, -0.05) is 18.2 Å². The first-order chi connectivity index (χ1) is 20.2. The van der Waals surface area contributed by atoms with Gasteiger partial charge in [0.1, 0.15) is 0 Å². The highest BCUT2D eigenvalue weighted by Crippen LogP contribution is 2.45. The lowest BCUT2D eigenvalue weighted by molar-refractivity contribution is -0.137. The number of aromatic nitrogens is 2. The van der Waals surface area contributed by atoms with Crippen LogP contribution in [-0.4, -0.2) is 28.4 Å². The summed E-state index contributed by atoms with van der Waals surface area (Å²) in [6.07, 6.45) is 3.60. The van der Waals surface area contributed by atoms with E-state index >= 15 is 0 Å². The zero-order valence-corrected chi connectivity index (χ0v) is 22.9. The van der Waals surface area contributed by atoms with Gasteiger partial charge >= 0.3 is 6.18 Å². The van der Waals surface area contributed by atoms with Crippen LogP contribution in [0, 0.1) is 6.92 Å². The van der Waals surface area contributed by atoms with E-state index in [2.05, 4.69) is 32.4 Å². The maximum atomic E-state index is 13.1. The fourth-order valence-corrected chi connectivity index (χ4v) is 4.91. The van der Waals surface area contributed by atoms with E-state index in [4.69, 9.17) is 0 Å². The number of hydrogen-bond donors (Lipinski definition) is 2. The zero-order valence-electron chi connectivity index (χ0n) is 22.9. The highest BCUT2D eigenvalue weighted by molar-refractivity contribution is 6.05. The molecule has 7 nitrogen and oxygen atoms in total. The Hall–Kier alpha value is -4.73. The molecule has 0 bridgehead atoms. The van der Waals surface area contributed by atoms with Gasteiger partial charge in [-0.2, -0.15) is 18.3 Å². The van der Waals surface area contributed by atoms with Crippen molar-refractivity contribution in [1.82, 2.24) is 9.78 Å². The molecule has 0 radical (unpaired) electrons. The molecule has 0 aliphatic heterocycles. The Labute approximate surface area is 241 Å². The maximum absolute atomic E-state index is 13.1. The molecule has 1 amide bonds. The number of amides is 1. The average molecular weight is 571 g/mol. The second kappa shape index (κ2) is 10.9. The molecule has 2 aliphatic carbocycles. The third-order valence-corrected chi connectivity index (χ3v) is 7.44. The normalized spacial score (nSPS) is 15.4. The van der Waals surface area contributed by atoms with Gasteiger partial charge < -0.3 is 10.6 Å². The van der Waals surface area contributed by atoms with Crippen molar-refractivity contribution in [2.75, 3.05) is 10.6 Å². The number of halogens is 3. The van der Waals surface area contributed by atoms with Crippen molar-refractivity contribution in [3.05, 3.63) is 95.3 Å². The van der Waals surface area contributed by atoms with Crippen LogP contribution in [0.5, 0.6) is 0 Å². The van der Waals surface area contributed by atoms with Crippen molar-refractivity contribution < 1.29 is 18.0 Å². The Morgan fingerprint density at radius 2 is 1.81 bits per heavy atom. The van der Waals surface area contributed by atoms with Crippen molar-refractivity contribution in [1.29, 1.82) is 0 Å². The summed E-state index contributed by atoms with van der Waals surface area (Å²) in [6.45, 7) is 5.60. The molecule has 2 saturated carbocycles. The molecular weight excluding hydrogens is 541 g/mol. The lowest BCUT2D eigenvalue weighted by atomic mass is 9.93. The third-order valence-electron chi connectivity index (χ3n) is 7.44. The van der Waals surface area contributed by atoms with Crippen LogP contribution < -0.4 is 10.6 Å². The summed E-state index contributed by atoms with van der Waals surface area (Å²) in [7, 11) is 0. The van der Waals surface area contributed by atoms with Crippen LogP contribution >= 0.6 is 0 Å². The molecule has 6 rings (SSSR count). The van der Waals surface area contributed by atoms with E-state index in [0.29, 0.717) is 23.5 Å². The van der Waals surface area contributed by atoms with E-state index in [1.165, 1.54) is 12.1 Å². The standard InChI is InChI=1S/C32H29F3N6O/c1-19-14-21(9-13-29(19)40-31(36-2)39-25-17-37-41(18-25)26-10-11-26)28-15-22(8-12-27(28)20-6-7-20)30(42)38-24-5-3-4-23(16-24)32(33,34)35/h3-5,8-9,12-18,20,26H,2,6-7,10-11H2,1H3,(H,38,42)(H,39,40). The second-order valence-electron chi connectivity index (χ2n) is 10.8. The molecule has 42 heavy (non-hydrogen) atoms. The van der Waals surface area contributed by atoms with E-state index in [1.54, 1.807) is 12.3 Å². The number of carbonyl (C=O) groups excluding carboxylic acids is 1. The highest BCUT2D eigenvalue weighted by Gasteiger charge is 2.31. The molecule has 2 N–H and O–H groups in total. The Morgan fingerprint density at radius 1 is 1.00 bits per heavy atom. The number of anilines is 2. The number of alkyl halides is 3. The van der Waals surface area contributed by atoms with Crippen LogP contribution in [0.2, 0.25) is 0 Å². The summed E-state index contributed by atoms with van der Waals surface area (Å²) in [6, 6.07) is 16.4. The van der Waals surface area contributed by atoms with Crippen molar-refractivity contribution in [3.63, 3.8) is 0 Å². The molecule has 214 valence electrons. The molecular formula is C32H29F3N6O. The molecule has 1 aromatic heterocycles. The number of carbonyl (C=O) groups is 1. The van der Waals surface area contributed by atoms with Crippen molar-refractivity contribution >= 4 is 35.6 Å². The molecule has 1 heterocycles. The molecule has 0 spiro atoms. The minimum Gasteiger partial charge on any atom is -0.322 e. The molecule has 0 atom stereocenters.